The van der Waals surface area contributed by atoms with Gasteiger partial charge in [-0.25, -0.2) is 9.37 Å². The molecule has 1 atom stereocenters. The summed E-state index contributed by atoms with van der Waals surface area (Å²) in [6, 6.07) is 7.47. The summed E-state index contributed by atoms with van der Waals surface area (Å²) in [4.78, 5) is 5.60. The van der Waals surface area contributed by atoms with Crippen LogP contribution in [-0.2, 0) is 6.42 Å². The molecule has 0 bridgehead atoms. The third-order valence-corrected chi connectivity index (χ3v) is 3.96. The average molecular weight is 279 g/mol. The molecule has 1 unspecified atom stereocenters. The van der Waals surface area contributed by atoms with Gasteiger partial charge >= 0.3 is 0 Å². The molecule has 0 aliphatic carbocycles. The second kappa shape index (κ2) is 6.15. The quantitative estimate of drug-likeness (QED) is 0.791. The Morgan fingerprint density at radius 3 is 2.68 bits per heavy atom. The number of nitrogens with zero attached hydrogens (tertiary/aromatic N) is 1. The van der Waals surface area contributed by atoms with Gasteiger partial charge in [-0.1, -0.05) is 32.9 Å². The van der Waals surface area contributed by atoms with E-state index in [1.54, 1.807) is 31.3 Å². The predicted molar refractivity (Wildman–Crippen MR) is 77.3 cm³/mol. The second-order valence-electron chi connectivity index (χ2n) is 4.69. The number of hydrogen-bond acceptors (Lipinski definition) is 3. The zero-order valence-corrected chi connectivity index (χ0v) is 12.2. The molecule has 0 aliphatic rings. The first-order valence-electron chi connectivity index (χ1n) is 6.46. The summed E-state index contributed by atoms with van der Waals surface area (Å²) in [7, 11) is 0. The smallest absolute Gasteiger partial charge is 0.240 e. The SMILES string of the molecule is CCc1cnc(-c2ccccc2OC(F)C(C)C)s1. The summed E-state index contributed by atoms with van der Waals surface area (Å²) in [6.07, 6.45) is 1.52. The fraction of sp³-hybridized carbons (Fsp3) is 0.400. The van der Waals surface area contributed by atoms with E-state index in [1.165, 1.54) is 4.88 Å². The van der Waals surface area contributed by atoms with Crippen molar-refractivity contribution in [3.63, 3.8) is 0 Å². The Hall–Kier alpha value is -1.42. The number of aromatic nitrogens is 1. The molecule has 0 amide bonds. The summed E-state index contributed by atoms with van der Waals surface area (Å²) < 4.78 is 19.1. The number of halogens is 1. The van der Waals surface area contributed by atoms with E-state index in [4.69, 9.17) is 4.74 Å². The van der Waals surface area contributed by atoms with Gasteiger partial charge in [0.2, 0.25) is 6.36 Å². The summed E-state index contributed by atoms with van der Waals surface area (Å²) in [5, 5.41) is 0.878. The van der Waals surface area contributed by atoms with Gasteiger partial charge in [0.1, 0.15) is 10.8 Å². The van der Waals surface area contributed by atoms with Crippen LogP contribution < -0.4 is 4.74 Å². The van der Waals surface area contributed by atoms with E-state index in [-0.39, 0.29) is 5.92 Å². The maximum absolute atomic E-state index is 13.7. The molecule has 2 nitrogen and oxygen atoms in total. The molecule has 1 aromatic heterocycles. The Morgan fingerprint density at radius 2 is 2.05 bits per heavy atom. The molecule has 0 fully saturated rings. The summed E-state index contributed by atoms with van der Waals surface area (Å²) in [5.74, 6) is 0.385. The van der Waals surface area contributed by atoms with Crippen molar-refractivity contribution in [1.82, 2.24) is 4.98 Å². The molecule has 102 valence electrons. The Balaban J connectivity index is 2.30. The fourth-order valence-corrected chi connectivity index (χ4v) is 2.48. The number of benzene rings is 1. The molecule has 0 N–H and O–H groups in total. The Morgan fingerprint density at radius 1 is 1.32 bits per heavy atom. The zero-order chi connectivity index (χ0) is 13.8. The minimum Gasteiger partial charge on any atom is -0.459 e. The van der Waals surface area contributed by atoms with Gasteiger partial charge in [-0.3, -0.25) is 0 Å². The monoisotopic (exact) mass is 279 g/mol. The van der Waals surface area contributed by atoms with Gasteiger partial charge in [-0.15, -0.1) is 11.3 Å². The Bertz CT molecular complexity index is 538. The molecule has 4 heteroatoms. The lowest BCUT2D eigenvalue weighted by atomic mass is 10.2. The van der Waals surface area contributed by atoms with E-state index in [0.29, 0.717) is 5.75 Å². The van der Waals surface area contributed by atoms with Crippen molar-refractivity contribution in [1.29, 1.82) is 0 Å². The highest BCUT2D eigenvalue weighted by molar-refractivity contribution is 7.15. The highest BCUT2D eigenvalue weighted by Gasteiger charge is 2.17. The number of aryl methyl sites for hydroxylation is 1. The molecule has 0 saturated carbocycles. The molecule has 0 saturated heterocycles. The first-order chi connectivity index (χ1) is 9.11. The largest absolute Gasteiger partial charge is 0.459 e. The van der Waals surface area contributed by atoms with Crippen LogP contribution in [0.1, 0.15) is 25.6 Å². The number of hydrogen-bond donors (Lipinski definition) is 0. The number of rotatable bonds is 5. The lowest BCUT2D eigenvalue weighted by molar-refractivity contribution is 0.0263. The minimum absolute atomic E-state index is 0.171. The first-order valence-corrected chi connectivity index (χ1v) is 7.28. The number of alkyl halides is 1. The average Bonchev–Trinajstić information content (AvgIpc) is 2.88. The highest BCUT2D eigenvalue weighted by atomic mass is 32.1. The molecule has 19 heavy (non-hydrogen) atoms. The van der Waals surface area contributed by atoms with Crippen LogP contribution in [0.5, 0.6) is 5.75 Å². The zero-order valence-electron chi connectivity index (χ0n) is 11.4. The third-order valence-electron chi connectivity index (χ3n) is 2.78. The van der Waals surface area contributed by atoms with Gasteiger partial charge in [0, 0.05) is 17.0 Å². The van der Waals surface area contributed by atoms with Crippen LogP contribution >= 0.6 is 11.3 Å². The molecule has 1 heterocycles. The van der Waals surface area contributed by atoms with Crippen molar-refractivity contribution in [2.75, 3.05) is 0 Å². The maximum atomic E-state index is 13.7. The van der Waals surface area contributed by atoms with Gasteiger partial charge in [-0.2, -0.15) is 0 Å². The van der Waals surface area contributed by atoms with Crippen molar-refractivity contribution in [3.8, 4) is 16.3 Å². The summed E-state index contributed by atoms with van der Waals surface area (Å²) in [5.41, 5.74) is 0.857. The molecular weight excluding hydrogens is 261 g/mol. The highest BCUT2D eigenvalue weighted by Crippen LogP contribution is 2.34. The van der Waals surface area contributed by atoms with E-state index >= 15 is 0 Å². The van der Waals surface area contributed by atoms with E-state index in [1.807, 2.05) is 24.4 Å². The third kappa shape index (κ3) is 3.32. The molecule has 0 radical (unpaired) electrons. The lowest BCUT2D eigenvalue weighted by Gasteiger charge is -2.16. The van der Waals surface area contributed by atoms with Crippen molar-refractivity contribution in [3.05, 3.63) is 35.3 Å². The van der Waals surface area contributed by atoms with Crippen LogP contribution in [0, 0.1) is 5.92 Å². The van der Waals surface area contributed by atoms with Crippen LogP contribution in [0.4, 0.5) is 4.39 Å². The molecule has 2 aromatic rings. The van der Waals surface area contributed by atoms with Crippen LogP contribution in [0.15, 0.2) is 30.5 Å². The predicted octanol–water partition coefficient (Wildman–Crippen LogP) is 4.70. The van der Waals surface area contributed by atoms with Crippen LogP contribution in [0.2, 0.25) is 0 Å². The van der Waals surface area contributed by atoms with Gasteiger partial charge < -0.3 is 4.74 Å². The van der Waals surface area contributed by atoms with Crippen molar-refractivity contribution in [2.45, 2.75) is 33.5 Å². The molecule has 2 rings (SSSR count). The first kappa shape index (κ1) is 14.0. The number of ether oxygens (including phenoxy) is 1. The summed E-state index contributed by atoms with van der Waals surface area (Å²) >= 11 is 1.62. The Labute approximate surface area is 117 Å². The summed E-state index contributed by atoms with van der Waals surface area (Å²) in [6.45, 7) is 5.69. The lowest BCUT2D eigenvalue weighted by Crippen LogP contribution is -2.17. The molecule has 1 aromatic carbocycles. The van der Waals surface area contributed by atoms with E-state index in [9.17, 15) is 4.39 Å². The van der Waals surface area contributed by atoms with Crippen molar-refractivity contribution in [2.24, 2.45) is 5.92 Å². The van der Waals surface area contributed by atoms with Crippen molar-refractivity contribution >= 4 is 11.3 Å². The number of thiazole rings is 1. The molecular formula is C15H18FNOS. The van der Waals surface area contributed by atoms with Crippen molar-refractivity contribution < 1.29 is 9.13 Å². The van der Waals surface area contributed by atoms with E-state index in [2.05, 4.69) is 11.9 Å². The van der Waals surface area contributed by atoms with Gasteiger partial charge in [0.15, 0.2) is 0 Å². The van der Waals surface area contributed by atoms with Gasteiger partial charge in [0.25, 0.3) is 0 Å². The standard InChI is InChI=1S/C15H18FNOS/c1-4-11-9-17-15(19-11)12-7-5-6-8-13(12)18-14(16)10(2)3/h5-10,14H,4H2,1-3H3. The van der Waals surface area contributed by atoms with Crippen LogP contribution in [0.25, 0.3) is 10.6 Å². The van der Waals surface area contributed by atoms with Crippen LogP contribution in [0.3, 0.4) is 0 Å². The topological polar surface area (TPSA) is 22.1 Å². The Kier molecular flexibility index (Phi) is 4.53. The van der Waals surface area contributed by atoms with Gasteiger partial charge in [0.05, 0.1) is 5.56 Å². The van der Waals surface area contributed by atoms with Gasteiger partial charge in [-0.05, 0) is 18.6 Å². The van der Waals surface area contributed by atoms with E-state index < -0.39 is 6.36 Å². The van der Waals surface area contributed by atoms with Crippen LogP contribution in [-0.4, -0.2) is 11.3 Å². The fourth-order valence-electron chi connectivity index (χ4n) is 1.60. The number of para-hydroxylation sites is 1. The normalized spacial score (nSPS) is 12.7. The second-order valence-corrected chi connectivity index (χ2v) is 5.81. The van der Waals surface area contributed by atoms with E-state index in [0.717, 1.165) is 17.0 Å². The maximum Gasteiger partial charge on any atom is 0.240 e. The minimum atomic E-state index is -1.30. The molecule has 0 aliphatic heterocycles. The molecule has 0 spiro atoms.